The highest BCUT2D eigenvalue weighted by molar-refractivity contribution is 5.97. The fraction of sp³-hybridized carbons (Fsp3) is 0.471. The van der Waals surface area contributed by atoms with Gasteiger partial charge in [-0.3, -0.25) is 9.59 Å². The summed E-state index contributed by atoms with van der Waals surface area (Å²) in [6, 6.07) is 5.24. The van der Waals surface area contributed by atoms with Gasteiger partial charge in [0.1, 0.15) is 6.04 Å². The largest absolute Gasteiger partial charge is 0.478 e. The van der Waals surface area contributed by atoms with Crippen molar-refractivity contribution in [2.45, 2.75) is 40.2 Å². The van der Waals surface area contributed by atoms with Crippen LogP contribution in [0, 0.1) is 11.8 Å². The molecule has 3 N–H and O–H groups in total. The number of rotatable bonds is 7. The molecule has 6 nitrogen and oxygen atoms in total. The van der Waals surface area contributed by atoms with Crippen LogP contribution in [0.1, 0.15) is 44.5 Å². The standard InChI is InChI=1S/C17H24N2O4/c1-10(2)9-14(20)19-15(11(3)4)16(21)18-13-7-5-12(6-8-13)17(22)23/h5-8,10-11,15H,9H2,1-4H3,(H,18,21)(H,19,20)(H,22,23). The van der Waals surface area contributed by atoms with Crippen LogP contribution in [0.2, 0.25) is 0 Å². The molecule has 0 saturated heterocycles. The number of nitrogens with one attached hydrogen (secondary N) is 2. The number of carbonyl (C=O) groups excluding carboxylic acids is 2. The molecule has 0 saturated carbocycles. The number of benzene rings is 1. The molecule has 0 bridgehead atoms. The lowest BCUT2D eigenvalue weighted by molar-refractivity contribution is -0.127. The molecule has 1 aromatic carbocycles. The minimum atomic E-state index is -1.02. The summed E-state index contributed by atoms with van der Waals surface area (Å²) in [7, 11) is 0. The van der Waals surface area contributed by atoms with Crippen molar-refractivity contribution in [1.29, 1.82) is 0 Å². The van der Waals surface area contributed by atoms with Gasteiger partial charge in [-0.2, -0.15) is 0 Å². The lowest BCUT2D eigenvalue weighted by atomic mass is 10.0. The van der Waals surface area contributed by atoms with Crippen LogP contribution in [0.25, 0.3) is 0 Å². The lowest BCUT2D eigenvalue weighted by Crippen LogP contribution is -2.47. The van der Waals surface area contributed by atoms with Gasteiger partial charge in [0.05, 0.1) is 5.56 Å². The third-order valence-electron chi connectivity index (χ3n) is 3.26. The molecule has 1 unspecified atom stereocenters. The third-order valence-corrected chi connectivity index (χ3v) is 3.26. The van der Waals surface area contributed by atoms with E-state index in [-0.39, 0.29) is 29.2 Å². The fourth-order valence-electron chi connectivity index (χ4n) is 2.05. The first-order chi connectivity index (χ1) is 10.7. The summed E-state index contributed by atoms with van der Waals surface area (Å²) < 4.78 is 0. The Kier molecular flexibility index (Phi) is 6.75. The molecule has 0 aliphatic rings. The van der Waals surface area contributed by atoms with E-state index in [2.05, 4.69) is 10.6 Å². The molecule has 0 heterocycles. The smallest absolute Gasteiger partial charge is 0.335 e. The minimum absolute atomic E-state index is 0.0654. The molecule has 1 aromatic rings. The van der Waals surface area contributed by atoms with E-state index in [1.165, 1.54) is 24.3 Å². The highest BCUT2D eigenvalue weighted by atomic mass is 16.4. The van der Waals surface area contributed by atoms with Crippen molar-refractivity contribution in [3.63, 3.8) is 0 Å². The Balaban J connectivity index is 2.74. The van der Waals surface area contributed by atoms with Gasteiger partial charge in [0.15, 0.2) is 0 Å². The number of carboxylic acid groups (broad SMARTS) is 1. The molecule has 0 radical (unpaired) electrons. The SMILES string of the molecule is CC(C)CC(=O)NC(C(=O)Nc1ccc(C(=O)O)cc1)C(C)C. The lowest BCUT2D eigenvalue weighted by Gasteiger charge is -2.22. The van der Waals surface area contributed by atoms with E-state index in [1.807, 2.05) is 27.7 Å². The van der Waals surface area contributed by atoms with Gasteiger partial charge in [0.2, 0.25) is 11.8 Å². The average molecular weight is 320 g/mol. The summed E-state index contributed by atoms with van der Waals surface area (Å²) in [4.78, 5) is 35.0. The summed E-state index contributed by atoms with van der Waals surface area (Å²) in [6.45, 7) is 7.59. The summed E-state index contributed by atoms with van der Waals surface area (Å²) in [6.07, 6.45) is 0.365. The zero-order valence-electron chi connectivity index (χ0n) is 13.9. The summed E-state index contributed by atoms with van der Waals surface area (Å²) in [5.41, 5.74) is 0.636. The van der Waals surface area contributed by atoms with Crippen LogP contribution in [0.5, 0.6) is 0 Å². The Morgan fingerprint density at radius 2 is 1.61 bits per heavy atom. The summed E-state index contributed by atoms with van der Waals surface area (Å²) in [5.74, 6) is -1.35. The molecule has 126 valence electrons. The van der Waals surface area contributed by atoms with E-state index >= 15 is 0 Å². The Bertz CT molecular complexity index is 564. The van der Waals surface area contributed by atoms with Gasteiger partial charge < -0.3 is 15.7 Å². The Labute approximate surface area is 136 Å². The second-order valence-electron chi connectivity index (χ2n) is 6.26. The van der Waals surface area contributed by atoms with Crippen molar-refractivity contribution in [3.05, 3.63) is 29.8 Å². The molecule has 2 amide bonds. The monoisotopic (exact) mass is 320 g/mol. The van der Waals surface area contributed by atoms with E-state index in [9.17, 15) is 14.4 Å². The minimum Gasteiger partial charge on any atom is -0.478 e. The van der Waals surface area contributed by atoms with Crippen molar-refractivity contribution >= 4 is 23.5 Å². The normalized spacial score (nSPS) is 12.1. The number of hydrogen-bond donors (Lipinski definition) is 3. The van der Waals surface area contributed by atoms with E-state index in [1.54, 1.807) is 0 Å². The fourth-order valence-corrected chi connectivity index (χ4v) is 2.05. The molecule has 0 spiro atoms. The number of carbonyl (C=O) groups is 3. The second-order valence-corrected chi connectivity index (χ2v) is 6.26. The molecule has 23 heavy (non-hydrogen) atoms. The number of amides is 2. The van der Waals surface area contributed by atoms with Crippen molar-refractivity contribution in [3.8, 4) is 0 Å². The van der Waals surface area contributed by atoms with Crippen LogP contribution in [0.4, 0.5) is 5.69 Å². The summed E-state index contributed by atoms with van der Waals surface area (Å²) >= 11 is 0. The maximum Gasteiger partial charge on any atom is 0.335 e. The molecular formula is C17H24N2O4. The van der Waals surface area contributed by atoms with Crippen molar-refractivity contribution < 1.29 is 19.5 Å². The molecule has 0 aliphatic carbocycles. The Morgan fingerprint density at radius 3 is 2.04 bits per heavy atom. The van der Waals surface area contributed by atoms with Gasteiger partial charge in [-0.15, -0.1) is 0 Å². The number of hydrogen-bond acceptors (Lipinski definition) is 3. The van der Waals surface area contributed by atoms with Gasteiger partial charge in [-0.05, 0) is 36.1 Å². The third kappa shape index (κ3) is 6.10. The van der Waals surface area contributed by atoms with Gasteiger partial charge >= 0.3 is 5.97 Å². The second kappa shape index (κ2) is 8.31. The Morgan fingerprint density at radius 1 is 1.04 bits per heavy atom. The zero-order chi connectivity index (χ0) is 17.6. The van der Waals surface area contributed by atoms with Crippen LogP contribution in [0.15, 0.2) is 24.3 Å². The highest BCUT2D eigenvalue weighted by Crippen LogP contribution is 2.12. The van der Waals surface area contributed by atoms with E-state index in [0.717, 1.165) is 0 Å². The molecule has 1 atom stereocenters. The molecule has 1 rings (SSSR count). The van der Waals surface area contributed by atoms with Gasteiger partial charge in [-0.1, -0.05) is 27.7 Å². The average Bonchev–Trinajstić information content (AvgIpc) is 2.44. The van der Waals surface area contributed by atoms with Crippen molar-refractivity contribution in [2.24, 2.45) is 11.8 Å². The van der Waals surface area contributed by atoms with E-state index in [0.29, 0.717) is 12.1 Å². The number of aromatic carboxylic acids is 1. The van der Waals surface area contributed by atoms with Crippen LogP contribution >= 0.6 is 0 Å². The molecular weight excluding hydrogens is 296 g/mol. The molecule has 0 fully saturated rings. The van der Waals surface area contributed by atoms with Crippen molar-refractivity contribution in [2.75, 3.05) is 5.32 Å². The zero-order valence-corrected chi connectivity index (χ0v) is 13.9. The maximum atomic E-state index is 12.4. The van der Waals surface area contributed by atoms with Crippen LogP contribution in [-0.4, -0.2) is 28.9 Å². The maximum absolute atomic E-state index is 12.4. The molecule has 0 aromatic heterocycles. The van der Waals surface area contributed by atoms with E-state index in [4.69, 9.17) is 5.11 Å². The highest BCUT2D eigenvalue weighted by Gasteiger charge is 2.24. The predicted octanol–water partition coefficient (Wildman–Crippen LogP) is 2.51. The quantitative estimate of drug-likeness (QED) is 0.719. The topological polar surface area (TPSA) is 95.5 Å². The molecule has 6 heteroatoms. The van der Waals surface area contributed by atoms with Gasteiger partial charge in [0, 0.05) is 12.1 Å². The summed E-state index contributed by atoms with van der Waals surface area (Å²) in [5, 5.41) is 14.3. The number of anilines is 1. The van der Waals surface area contributed by atoms with Crippen LogP contribution < -0.4 is 10.6 Å². The Hall–Kier alpha value is -2.37. The molecule has 0 aliphatic heterocycles. The first-order valence-corrected chi connectivity index (χ1v) is 7.64. The first kappa shape index (κ1) is 18.7. The predicted molar refractivity (Wildman–Crippen MR) is 88.3 cm³/mol. The van der Waals surface area contributed by atoms with E-state index < -0.39 is 12.0 Å². The van der Waals surface area contributed by atoms with Crippen LogP contribution in [0.3, 0.4) is 0 Å². The van der Waals surface area contributed by atoms with Crippen LogP contribution in [-0.2, 0) is 9.59 Å². The first-order valence-electron chi connectivity index (χ1n) is 7.64. The van der Waals surface area contributed by atoms with Gasteiger partial charge in [0.25, 0.3) is 0 Å². The van der Waals surface area contributed by atoms with Gasteiger partial charge in [-0.25, -0.2) is 4.79 Å². The van der Waals surface area contributed by atoms with Crippen molar-refractivity contribution in [1.82, 2.24) is 5.32 Å². The number of carboxylic acids is 1.